The number of aryl methyl sites for hydroxylation is 1. The van der Waals surface area contributed by atoms with Crippen molar-refractivity contribution in [1.82, 2.24) is 0 Å². The average molecular weight is 211 g/mol. The predicted octanol–water partition coefficient (Wildman–Crippen LogP) is 1.79. The van der Waals surface area contributed by atoms with Crippen LogP contribution in [0, 0.1) is 6.92 Å². The largest absolute Gasteiger partial charge is 0.496 e. The van der Waals surface area contributed by atoms with Crippen molar-refractivity contribution in [3.05, 3.63) is 23.3 Å². The quantitative estimate of drug-likeness (QED) is 0.754. The van der Waals surface area contributed by atoms with Gasteiger partial charge in [0, 0.05) is 5.56 Å². The molecular weight excluding hydrogens is 194 g/mol. The van der Waals surface area contributed by atoms with E-state index in [2.05, 4.69) is 4.84 Å². The number of benzene rings is 1. The van der Waals surface area contributed by atoms with E-state index >= 15 is 0 Å². The van der Waals surface area contributed by atoms with Crippen LogP contribution in [0.15, 0.2) is 12.1 Å². The molecule has 0 heterocycles. The summed E-state index contributed by atoms with van der Waals surface area (Å²) in [5, 5.41) is 0. The molecule has 0 aliphatic rings. The molecule has 0 aliphatic heterocycles. The molecule has 0 saturated carbocycles. The van der Waals surface area contributed by atoms with Gasteiger partial charge in [0.2, 0.25) is 0 Å². The molecule has 0 aliphatic carbocycles. The van der Waals surface area contributed by atoms with E-state index in [0.29, 0.717) is 13.2 Å². The van der Waals surface area contributed by atoms with Gasteiger partial charge in [-0.25, -0.2) is 5.90 Å². The second kappa shape index (κ2) is 5.58. The molecule has 1 aromatic rings. The van der Waals surface area contributed by atoms with Crippen LogP contribution in [-0.4, -0.2) is 13.7 Å². The summed E-state index contributed by atoms with van der Waals surface area (Å²) < 4.78 is 10.7. The molecule has 1 aromatic carbocycles. The Labute approximate surface area is 89.9 Å². The Morgan fingerprint density at radius 1 is 1.27 bits per heavy atom. The maximum absolute atomic E-state index is 5.47. The van der Waals surface area contributed by atoms with Gasteiger partial charge in [-0.3, -0.25) is 4.84 Å². The smallest absolute Gasteiger partial charge is 0.124 e. The van der Waals surface area contributed by atoms with Crippen LogP contribution >= 0.6 is 0 Å². The summed E-state index contributed by atoms with van der Waals surface area (Å²) in [6.07, 6.45) is 0. The number of methoxy groups -OCH3 is 1. The van der Waals surface area contributed by atoms with Crippen molar-refractivity contribution in [3.8, 4) is 11.5 Å². The third-order valence-electron chi connectivity index (χ3n) is 2.12. The number of hydrogen-bond acceptors (Lipinski definition) is 4. The van der Waals surface area contributed by atoms with Crippen molar-refractivity contribution >= 4 is 0 Å². The highest BCUT2D eigenvalue weighted by Gasteiger charge is 2.08. The van der Waals surface area contributed by atoms with E-state index in [4.69, 9.17) is 15.4 Å². The maximum Gasteiger partial charge on any atom is 0.124 e. The van der Waals surface area contributed by atoms with Crippen LogP contribution in [0.4, 0.5) is 0 Å². The van der Waals surface area contributed by atoms with E-state index < -0.39 is 0 Å². The van der Waals surface area contributed by atoms with Gasteiger partial charge >= 0.3 is 0 Å². The predicted molar refractivity (Wildman–Crippen MR) is 57.9 cm³/mol. The Morgan fingerprint density at radius 2 is 2.00 bits per heavy atom. The van der Waals surface area contributed by atoms with Crippen LogP contribution < -0.4 is 15.4 Å². The topological polar surface area (TPSA) is 53.7 Å². The van der Waals surface area contributed by atoms with Gasteiger partial charge in [-0.2, -0.15) is 0 Å². The van der Waals surface area contributed by atoms with E-state index in [1.54, 1.807) is 7.11 Å². The SMILES string of the molecule is CCOc1cc(CON)c(OC)cc1C. The molecule has 15 heavy (non-hydrogen) atoms. The zero-order valence-corrected chi connectivity index (χ0v) is 9.37. The van der Waals surface area contributed by atoms with Gasteiger partial charge in [-0.15, -0.1) is 0 Å². The molecule has 0 unspecified atom stereocenters. The van der Waals surface area contributed by atoms with Crippen molar-refractivity contribution < 1.29 is 14.3 Å². The molecule has 0 bridgehead atoms. The minimum absolute atomic E-state index is 0.309. The molecule has 0 fully saturated rings. The van der Waals surface area contributed by atoms with Gasteiger partial charge in [0.15, 0.2) is 0 Å². The van der Waals surface area contributed by atoms with Crippen molar-refractivity contribution in [3.63, 3.8) is 0 Å². The zero-order chi connectivity index (χ0) is 11.3. The van der Waals surface area contributed by atoms with E-state index in [-0.39, 0.29) is 0 Å². The Hall–Kier alpha value is -1.26. The molecule has 0 aromatic heterocycles. The first kappa shape index (κ1) is 11.8. The highest BCUT2D eigenvalue weighted by atomic mass is 16.6. The lowest BCUT2D eigenvalue weighted by Gasteiger charge is -2.13. The summed E-state index contributed by atoms with van der Waals surface area (Å²) in [6, 6.07) is 3.81. The number of hydrogen-bond donors (Lipinski definition) is 1. The van der Waals surface area contributed by atoms with Gasteiger partial charge < -0.3 is 9.47 Å². The lowest BCUT2D eigenvalue weighted by atomic mass is 10.1. The van der Waals surface area contributed by atoms with E-state index in [1.165, 1.54) is 0 Å². The molecule has 2 N–H and O–H groups in total. The molecule has 1 rings (SSSR count). The van der Waals surface area contributed by atoms with Gasteiger partial charge in [-0.1, -0.05) is 0 Å². The average Bonchev–Trinajstić information content (AvgIpc) is 2.23. The molecular formula is C11H17NO3. The van der Waals surface area contributed by atoms with E-state index in [9.17, 15) is 0 Å². The number of nitrogens with two attached hydrogens (primary N) is 1. The fraction of sp³-hybridized carbons (Fsp3) is 0.455. The van der Waals surface area contributed by atoms with E-state index in [1.807, 2.05) is 26.0 Å². The summed E-state index contributed by atoms with van der Waals surface area (Å²) in [5.74, 6) is 6.65. The van der Waals surface area contributed by atoms with E-state index in [0.717, 1.165) is 22.6 Å². The minimum atomic E-state index is 0.309. The first-order chi connectivity index (χ1) is 7.22. The fourth-order valence-corrected chi connectivity index (χ4v) is 1.41. The first-order valence-electron chi connectivity index (χ1n) is 4.84. The number of rotatable bonds is 5. The normalized spacial score (nSPS) is 10.1. The van der Waals surface area contributed by atoms with Gasteiger partial charge in [0.25, 0.3) is 0 Å². The number of ether oxygens (including phenoxy) is 2. The molecule has 4 heteroatoms. The highest BCUT2D eigenvalue weighted by Crippen LogP contribution is 2.28. The lowest BCUT2D eigenvalue weighted by Crippen LogP contribution is -2.03. The molecule has 0 radical (unpaired) electrons. The second-order valence-electron chi connectivity index (χ2n) is 3.17. The molecule has 4 nitrogen and oxygen atoms in total. The summed E-state index contributed by atoms with van der Waals surface area (Å²) in [4.78, 5) is 4.61. The molecule has 0 atom stereocenters. The fourth-order valence-electron chi connectivity index (χ4n) is 1.41. The third kappa shape index (κ3) is 2.84. The van der Waals surface area contributed by atoms with Crippen molar-refractivity contribution in [1.29, 1.82) is 0 Å². The standard InChI is InChI=1S/C11H17NO3/c1-4-14-10-6-9(7-15-12)11(13-3)5-8(10)2/h5-6H,4,7,12H2,1-3H3. The third-order valence-corrected chi connectivity index (χ3v) is 2.12. The molecule has 84 valence electrons. The van der Waals surface area contributed by atoms with Gasteiger partial charge in [0.1, 0.15) is 11.5 Å². The van der Waals surface area contributed by atoms with Crippen LogP contribution in [0.5, 0.6) is 11.5 Å². The second-order valence-corrected chi connectivity index (χ2v) is 3.17. The Bertz CT molecular complexity index is 326. The zero-order valence-electron chi connectivity index (χ0n) is 9.37. The Kier molecular flexibility index (Phi) is 4.39. The highest BCUT2D eigenvalue weighted by molar-refractivity contribution is 5.45. The van der Waals surface area contributed by atoms with Crippen LogP contribution in [0.1, 0.15) is 18.1 Å². The molecule has 0 amide bonds. The summed E-state index contributed by atoms with van der Waals surface area (Å²) in [6.45, 7) is 4.86. The Morgan fingerprint density at radius 3 is 2.53 bits per heavy atom. The van der Waals surface area contributed by atoms with Crippen LogP contribution in [0.25, 0.3) is 0 Å². The van der Waals surface area contributed by atoms with Crippen LogP contribution in [-0.2, 0) is 11.4 Å². The maximum atomic E-state index is 5.47. The molecule has 0 saturated heterocycles. The minimum Gasteiger partial charge on any atom is -0.496 e. The summed E-state index contributed by atoms with van der Waals surface area (Å²) in [7, 11) is 1.62. The van der Waals surface area contributed by atoms with Crippen molar-refractivity contribution in [2.75, 3.05) is 13.7 Å². The van der Waals surface area contributed by atoms with Crippen molar-refractivity contribution in [2.24, 2.45) is 5.90 Å². The molecule has 0 spiro atoms. The Balaban J connectivity index is 3.05. The van der Waals surface area contributed by atoms with Crippen LogP contribution in [0.3, 0.4) is 0 Å². The first-order valence-corrected chi connectivity index (χ1v) is 4.84. The van der Waals surface area contributed by atoms with Crippen LogP contribution in [0.2, 0.25) is 0 Å². The van der Waals surface area contributed by atoms with Gasteiger partial charge in [-0.05, 0) is 31.5 Å². The summed E-state index contributed by atoms with van der Waals surface area (Å²) >= 11 is 0. The monoisotopic (exact) mass is 211 g/mol. The van der Waals surface area contributed by atoms with Crippen molar-refractivity contribution in [2.45, 2.75) is 20.5 Å². The summed E-state index contributed by atoms with van der Waals surface area (Å²) in [5.41, 5.74) is 1.92. The van der Waals surface area contributed by atoms with Gasteiger partial charge in [0.05, 0.1) is 20.3 Å². The lowest BCUT2D eigenvalue weighted by molar-refractivity contribution is 0.122.